The van der Waals surface area contributed by atoms with Crippen molar-refractivity contribution in [2.24, 2.45) is 0 Å². The van der Waals surface area contributed by atoms with E-state index in [9.17, 15) is 0 Å². The van der Waals surface area contributed by atoms with E-state index >= 15 is 0 Å². The maximum Gasteiger partial charge on any atom is 0.160 e. The molecule has 3 nitrogen and oxygen atoms in total. The fourth-order valence-electron chi connectivity index (χ4n) is 7.38. The summed E-state index contributed by atoms with van der Waals surface area (Å²) in [6.07, 6.45) is 0. The van der Waals surface area contributed by atoms with Crippen LogP contribution >= 0.6 is 0 Å². The summed E-state index contributed by atoms with van der Waals surface area (Å²) >= 11 is 0. The minimum atomic E-state index is 0.706. The first-order chi connectivity index (χ1) is 26.2. The fraction of sp³-hybridized carbons (Fsp3) is 0. The highest BCUT2D eigenvalue weighted by Crippen LogP contribution is 2.47. The summed E-state index contributed by atoms with van der Waals surface area (Å²) in [4.78, 5) is 10.1. The lowest BCUT2D eigenvalue weighted by Crippen LogP contribution is -1.97. The van der Waals surface area contributed by atoms with Crippen LogP contribution in [0.5, 0.6) is 11.5 Å². The van der Waals surface area contributed by atoms with Gasteiger partial charge in [0, 0.05) is 27.6 Å². The predicted octanol–water partition coefficient (Wildman–Crippen LogP) is 13.4. The zero-order valence-corrected chi connectivity index (χ0v) is 28.8. The van der Waals surface area contributed by atoms with Crippen LogP contribution in [0.2, 0.25) is 0 Å². The van der Waals surface area contributed by atoms with Gasteiger partial charge in [-0.25, -0.2) is 9.97 Å². The molecule has 0 spiro atoms. The van der Waals surface area contributed by atoms with Crippen molar-refractivity contribution in [2.75, 3.05) is 0 Å². The molecule has 2 heterocycles. The molecule has 1 aromatic heterocycles. The Hall–Kier alpha value is -7.10. The zero-order chi connectivity index (χ0) is 35.1. The number of rotatable bonds is 6. The second-order valence-electron chi connectivity index (χ2n) is 13.4. The standard InChI is InChI=1S/C50H32N2O/c1-3-10-33(11-4-1)34-20-24-36(25-21-34)45-32-46(52-50(51-45)39-12-5-2-6-13-39)37-26-22-35(23-27-37)40-16-7-17-41(30-40)42-28-29-47-44(31-42)43-18-8-14-38-15-9-19-48(53-47)49(38)43/h1-32H. The molecule has 0 N–H and O–H groups in total. The molecule has 0 saturated heterocycles. The minimum Gasteiger partial charge on any atom is -0.456 e. The van der Waals surface area contributed by atoms with Crippen LogP contribution in [0, 0.1) is 0 Å². The lowest BCUT2D eigenvalue weighted by molar-refractivity contribution is 0.487. The molecule has 10 rings (SSSR count). The van der Waals surface area contributed by atoms with Crippen molar-refractivity contribution in [2.45, 2.75) is 0 Å². The molecule has 53 heavy (non-hydrogen) atoms. The van der Waals surface area contributed by atoms with Gasteiger partial charge in [-0.15, -0.1) is 0 Å². The molecular weight excluding hydrogens is 645 g/mol. The molecule has 9 aromatic rings. The van der Waals surface area contributed by atoms with Gasteiger partial charge in [-0.3, -0.25) is 0 Å². The Morgan fingerprint density at radius 3 is 1.47 bits per heavy atom. The first kappa shape index (κ1) is 30.7. The van der Waals surface area contributed by atoms with E-state index in [-0.39, 0.29) is 0 Å². The number of nitrogens with zero attached hydrogens (tertiary/aromatic N) is 2. The van der Waals surface area contributed by atoms with Gasteiger partial charge in [0.25, 0.3) is 0 Å². The quantitative estimate of drug-likeness (QED) is 0.176. The predicted molar refractivity (Wildman–Crippen MR) is 218 cm³/mol. The molecule has 0 radical (unpaired) electrons. The van der Waals surface area contributed by atoms with E-state index in [2.05, 4.69) is 164 Å². The molecule has 8 aromatic carbocycles. The minimum absolute atomic E-state index is 0.706. The summed E-state index contributed by atoms with van der Waals surface area (Å²) in [7, 11) is 0. The summed E-state index contributed by atoms with van der Waals surface area (Å²) in [5, 5.41) is 2.36. The third kappa shape index (κ3) is 5.75. The lowest BCUT2D eigenvalue weighted by atomic mass is 9.91. The number of hydrogen-bond acceptors (Lipinski definition) is 3. The van der Waals surface area contributed by atoms with Gasteiger partial charge in [-0.1, -0.05) is 164 Å². The average Bonchev–Trinajstić information content (AvgIpc) is 3.24. The van der Waals surface area contributed by atoms with E-state index in [1.54, 1.807) is 0 Å². The second-order valence-corrected chi connectivity index (χ2v) is 13.4. The van der Waals surface area contributed by atoms with Gasteiger partial charge in [0.15, 0.2) is 5.82 Å². The molecule has 0 atom stereocenters. The molecule has 0 aliphatic carbocycles. The average molecular weight is 677 g/mol. The number of benzene rings is 8. The van der Waals surface area contributed by atoms with Crippen molar-refractivity contribution in [3.8, 4) is 89.9 Å². The van der Waals surface area contributed by atoms with Gasteiger partial charge in [0.2, 0.25) is 0 Å². The summed E-state index contributed by atoms with van der Waals surface area (Å²) in [6.45, 7) is 0. The maximum absolute atomic E-state index is 6.36. The van der Waals surface area contributed by atoms with E-state index in [1.165, 1.54) is 27.5 Å². The van der Waals surface area contributed by atoms with Crippen molar-refractivity contribution in [3.63, 3.8) is 0 Å². The van der Waals surface area contributed by atoms with E-state index in [4.69, 9.17) is 14.7 Å². The van der Waals surface area contributed by atoms with Crippen molar-refractivity contribution in [3.05, 3.63) is 194 Å². The van der Waals surface area contributed by atoms with Gasteiger partial charge in [-0.05, 0) is 74.7 Å². The summed E-state index contributed by atoms with van der Waals surface area (Å²) in [5.41, 5.74) is 14.2. The van der Waals surface area contributed by atoms with Crippen molar-refractivity contribution >= 4 is 10.8 Å². The van der Waals surface area contributed by atoms with Crippen LogP contribution < -0.4 is 4.74 Å². The van der Waals surface area contributed by atoms with Crippen molar-refractivity contribution < 1.29 is 4.74 Å². The molecule has 1 aliphatic heterocycles. The lowest BCUT2D eigenvalue weighted by Gasteiger charge is -2.22. The summed E-state index contributed by atoms with van der Waals surface area (Å²) in [6, 6.07) is 68.0. The van der Waals surface area contributed by atoms with Gasteiger partial charge in [0.05, 0.1) is 11.4 Å². The smallest absolute Gasteiger partial charge is 0.160 e. The van der Waals surface area contributed by atoms with Crippen molar-refractivity contribution in [1.82, 2.24) is 9.97 Å². The van der Waals surface area contributed by atoms with Crippen LogP contribution in [0.3, 0.4) is 0 Å². The molecule has 248 valence electrons. The molecule has 1 aliphatic rings. The van der Waals surface area contributed by atoms with Gasteiger partial charge >= 0.3 is 0 Å². The van der Waals surface area contributed by atoms with Crippen LogP contribution in [-0.2, 0) is 0 Å². The largest absolute Gasteiger partial charge is 0.456 e. The van der Waals surface area contributed by atoms with Crippen LogP contribution in [0.15, 0.2) is 194 Å². The third-order valence-electron chi connectivity index (χ3n) is 10.1. The normalized spacial score (nSPS) is 11.5. The number of ether oxygens (including phenoxy) is 1. The highest BCUT2D eigenvalue weighted by atomic mass is 16.5. The van der Waals surface area contributed by atoms with E-state index in [0.29, 0.717) is 5.82 Å². The highest BCUT2D eigenvalue weighted by molar-refractivity contribution is 6.04. The third-order valence-corrected chi connectivity index (χ3v) is 10.1. The zero-order valence-electron chi connectivity index (χ0n) is 28.8. The first-order valence-electron chi connectivity index (χ1n) is 17.9. The Bertz CT molecular complexity index is 2770. The Balaban J connectivity index is 0.978. The monoisotopic (exact) mass is 676 g/mol. The number of hydrogen-bond donors (Lipinski definition) is 0. The molecule has 0 bridgehead atoms. The van der Waals surface area contributed by atoms with Crippen molar-refractivity contribution in [1.29, 1.82) is 0 Å². The van der Waals surface area contributed by atoms with Gasteiger partial charge in [-0.2, -0.15) is 0 Å². The topological polar surface area (TPSA) is 35.0 Å². The molecule has 3 heteroatoms. The Morgan fingerprint density at radius 1 is 0.302 bits per heavy atom. The first-order valence-corrected chi connectivity index (χ1v) is 17.9. The van der Waals surface area contributed by atoms with E-state index in [1.807, 2.05) is 30.3 Å². The Kier molecular flexibility index (Phi) is 7.47. The molecule has 0 amide bonds. The maximum atomic E-state index is 6.36. The fourth-order valence-corrected chi connectivity index (χ4v) is 7.38. The van der Waals surface area contributed by atoms with Crippen LogP contribution in [0.1, 0.15) is 0 Å². The number of fused-ring (bicyclic) bond motifs is 2. The van der Waals surface area contributed by atoms with E-state index < -0.39 is 0 Å². The Morgan fingerprint density at radius 2 is 0.792 bits per heavy atom. The molecule has 0 fully saturated rings. The summed E-state index contributed by atoms with van der Waals surface area (Å²) < 4.78 is 6.36. The van der Waals surface area contributed by atoms with Crippen LogP contribution in [-0.4, -0.2) is 9.97 Å². The number of aromatic nitrogens is 2. The van der Waals surface area contributed by atoms with E-state index in [0.717, 1.165) is 67.4 Å². The molecule has 0 saturated carbocycles. The SMILES string of the molecule is c1ccc(-c2ccc(-c3cc(-c4ccc(-c5cccc(-c6ccc7c(c6)-c6cccc8cccc(c68)O7)c5)cc4)nc(-c4ccccc4)n3)cc2)cc1. The molecule has 0 unspecified atom stereocenters. The van der Waals surface area contributed by atoms with Gasteiger partial charge in [0.1, 0.15) is 11.5 Å². The molecular formula is C50H32N2O. The van der Waals surface area contributed by atoms with Gasteiger partial charge < -0.3 is 4.74 Å². The summed E-state index contributed by atoms with van der Waals surface area (Å²) in [5.74, 6) is 2.51. The second kappa shape index (κ2) is 12.9. The van der Waals surface area contributed by atoms with Crippen LogP contribution in [0.25, 0.3) is 89.2 Å². The van der Waals surface area contributed by atoms with Crippen LogP contribution in [0.4, 0.5) is 0 Å². The Labute approximate surface area is 308 Å². The highest BCUT2D eigenvalue weighted by Gasteiger charge is 2.20.